The van der Waals surface area contributed by atoms with Crippen LogP contribution in [0.3, 0.4) is 0 Å². The van der Waals surface area contributed by atoms with E-state index in [4.69, 9.17) is 0 Å². The summed E-state index contributed by atoms with van der Waals surface area (Å²) in [6.07, 6.45) is 1.16. The maximum atomic E-state index is 13.1. The van der Waals surface area contributed by atoms with E-state index in [1.54, 1.807) is 12.1 Å². The summed E-state index contributed by atoms with van der Waals surface area (Å²) >= 11 is 0. The third-order valence-corrected chi connectivity index (χ3v) is 2.97. The zero-order chi connectivity index (χ0) is 10.7. The molecule has 2 nitrogen and oxygen atoms in total. The van der Waals surface area contributed by atoms with Crippen LogP contribution in [-0.2, 0) is 0 Å². The van der Waals surface area contributed by atoms with E-state index in [-0.39, 0.29) is 5.82 Å². The van der Waals surface area contributed by atoms with Gasteiger partial charge in [-0.25, -0.2) is 4.39 Å². The van der Waals surface area contributed by atoms with Crippen molar-refractivity contribution in [2.24, 2.45) is 0 Å². The van der Waals surface area contributed by atoms with Crippen LogP contribution in [0.1, 0.15) is 18.0 Å². The Bertz CT molecular complexity index is 327. The van der Waals surface area contributed by atoms with Crippen molar-refractivity contribution in [2.75, 3.05) is 26.7 Å². The number of halogens is 1. The van der Waals surface area contributed by atoms with Gasteiger partial charge in [0.2, 0.25) is 0 Å². The first-order chi connectivity index (χ1) is 7.27. The summed E-state index contributed by atoms with van der Waals surface area (Å²) in [7, 11) is 2.10. The van der Waals surface area contributed by atoms with Gasteiger partial charge < -0.3 is 5.32 Å². The molecular formula is C12H17FN2. The van der Waals surface area contributed by atoms with Gasteiger partial charge in [0.25, 0.3) is 0 Å². The maximum absolute atomic E-state index is 13.1. The molecule has 0 spiro atoms. The second-order valence-corrected chi connectivity index (χ2v) is 4.11. The van der Waals surface area contributed by atoms with Crippen molar-refractivity contribution >= 4 is 0 Å². The van der Waals surface area contributed by atoms with Crippen LogP contribution in [0, 0.1) is 5.82 Å². The van der Waals surface area contributed by atoms with Crippen molar-refractivity contribution in [1.82, 2.24) is 10.2 Å². The first kappa shape index (κ1) is 10.6. The zero-order valence-electron chi connectivity index (χ0n) is 9.04. The fraction of sp³-hybridized carbons (Fsp3) is 0.500. The van der Waals surface area contributed by atoms with Gasteiger partial charge in [-0.15, -0.1) is 0 Å². The lowest BCUT2D eigenvalue weighted by molar-refractivity contribution is 0.261. The minimum Gasteiger partial charge on any atom is -0.315 e. The van der Waals surface area contributed by atoms with E-state index in [0.717, 1.165) is 31.6 Å². The maximum Gasteiger partial charge on any atom is 0.123 e. The van der Waals surface area contributed by atoms with Gasteiger partial charge in [-0.2, -0.15) is 0 Å². The lowest BCUT2D eigenvalue weighted by atomic mass is 10.1. The molecule has 82 valence electrons. The summed E-state index contributed by atoms with van der Waals surface area (Å²) < 4.78 is 13.1. The lowest BCUT2D eigenvalue weighted by Crippen LogP contribution is -2.29. The van der Waals surface area contributed by atoms with E-state index in [0.29, 0.717) is 6.04 Å². The first-order valence-electron chi connectivity index (χ1n) is 5.44. The molecule has 1 fully saturated rings. The molecule has 1 aromatic carbocycles. The molecule has 0 amide bonds. The van der Waals surface area contributed by atoms with Crippen LogP contribution >= 0.6 is 0 Å². The molecule has 2 rings (SSSR count). The third kappa shape index (κ3) is 2.55. The average molecular weight is 208 g/mol. The molecule has 0 saturated carbocycles. The Balaban J connectivity index is 2.20. The molecule has 0 aromatic heterocycles. The first-order valence-corrected chi connectivity index (χ1v) is 5.44. The Morgan fingerprint density at radius 1 is 1.47 bits per heavy atom. The van der Waals surface area contributed by atoms with Crippen molar-refractivity contribution in [3.63, 3.8) is 0 Å². The molecule has 3 heteroatoms. The smallest absolute Gasteiger partial charge is 0.123 e. The van der Waals surface area contributed by atoms with E-state index in [1.807, 2.05) is 6.07 Å². The fourth-order valence-electron chi connectivity index (χ4n) is 2.09. The largest absolute Gasteiger partial charge is 0.315 e. The highest BCUT2D eigenvalue weighted by Gasteiger charge is 2.18. The van der Waals surface area contributed by atoms with Crippen LogP contribution in [0.2, 0.25) is 0 Å². The molecule has 1 aliphatic heterocycles. The quantitative estimate of drug-likeness (QED) is 0.757. The molecule has 1 aromatic rings. The highest BCUT2D eigenvalue weighted by molar-refractivity contribution is 5.20. The molecule has 1 N–H and O–H groups in total. The molecule has 1 aliphatic rings. The van der Waals surface area contributed by atoms with Gasteiger partial charge in [-0.05, 0) is 44.3 Å². The number of hydrogen-bond donors (Lipinski definition) is 1. The van der Waals surface area contributed by atoms with Crippen LogP contribution in [0.4, 0.5) is 4.39 Å². The fourth-order valence-corrected chi connectivity index (χ4v) is 2.09. The number of nitrogens with one attached hydrogen (secondary N) is 1. The molecule has 1 atom stereocenters. The van der Waals surface area contributed by atoms with E-state index in [9.17, 15) is 4.39 Å². The predicted octanol–water partition coefficient (Wildman–Crippen LogP) is 1.79. The van der Waals surface area contributed by atoms with E-state index < -0.39 is 0 Å². The molecule has 0 radical (unpaired) electrons. The summed E-state index contributed by atoms with van der Waals surface area (Å²) in [5.41, 5.74) is 1.06. The van der Waals surface area contributed by atoms with Crippen LogP contribution in [-0.4, -0.2) is 31.6 Å². The molecular weight excluding hydrogens is 191 g/mol. The van der Waals surface area contributed by atoms with Crippen LogP contribution in [0.5, 0.6) is 0 Å². The zero-order valence-corrected chi connectivity index (χ0v) is 9.04. The van der Waals surface area contributed by atoms with Crippen molar-refractivity contribution < 1.29 is 4.39 Å². The molecule has 0 bridgehead atoms. The highest BCUT2D eigenvalue weighted by atomic mass is 19.1. The molecule has 1 unspecified atom stereocenters. The topological polar surface area (TPSA) is 15.3 Å². The number of benzene rings is 1. The van der Waals surface area contributed by atoms with Crippen molar-refractivity contribution in [3.8, 4) is 0 Å². The van der Waals surface area contributed by atoms with Crippen molar-refractivity contribution in [3.05, 3.63) is 35.6 Å². The van der Waals surface area contributed by atoms with E-state index >= 15 is 0 Å². The second-order valence-electron chi connectivity index (χ2n) is 4.11. The normalized spacial score (nSPS) is 23.7. The molecule has 1 saturated heterocycles. The SMILES string of the molecule is CN1CCCNCC1c1cccc(F)c1. The standard InChI is InChI=1S/C12H17FN2/c1-15-7-3-6-14-9-12(15)10-4-2-5-11(13)8-10/h2,4-5,8,12,14H,3,6-7,9H2,1H3. The number of rotatable bonds is 1. The Morgan fingerprint density at radius 2 is 2.33 bits per heavy atom. The van der Waals surface area contributed by atoms with Crippen LogP contribution in [0.15, 0.2) is 24.3 Å². The van der Waals surface area contributed by atoms with E-state index in [2.05, 4.69) is 17.3 Å². The molecule has 15 heavy (non-hydrogen) atoms. The minimum atomic E-state index is -0.148. The van der Waals surface area contributed by atoms with Gasteiger partial charge in [-0.1, -0.05) is 12.1 Å². The Hall–Kier alpha value is -0.930. The van der Waals surface area contributed by atoms with Gasteiger partial charge in [0.05, 0.1) is 0 Å². The van der Waals surface area contributed by atoms with Gasteiger partial charge in [-0.3, -0.25) is 4.90 Å². The van der Waals surface area contributed by atoms with Gasteiger partial charge in [0, 0.05) is 12.6 Å². The Morgan fingerprint density at radius 3 is 3.13 bits per heavy atom. The number of likely N-dealkylation sites (N-methyl/N-ethyl adjacent to an activating group) is 1. The summed E-state index contributed by atoms with van der Waals surface area (Å²) in [5, 5.41) is 3.38. The van der Waals surface area contributed by atoms with Gasteiger partial charge in [0.1, 0.15) is 5.82 Å². The number of nitrogens with zero attached hydrogens (tertiary/aromatic N) is 1. The predicted molar refractivity (Wildman–Crippen MR) is 59.3 cm³/mol. The molecule has 0 aliphatic carbocycles. The summed E-state index contributed by atoms with van der Waals surface area (Å²) in [4.78, 5) is 2.29. The summed E-state index contributed by atoms with van der Waals surface area (Å²) in [6.45, 7) is 3.02. The van der Waals surface area contributed by atoms with E-state index in [1.165, 1.54) is 6.07 Å². The number of hydrogen-bond acceptors (Lipinski definition) is 2. The summed E-state index contributed by atoms with van der Waals surface area (Å²) in [6, 6.07) is 7.20. The Kier molecular flexibility index (Phi) is 3.34. The summed E-state index contributed by atoms with van der Waals surface area (Å²) in [5.74, 6) is -0.148. The van der Waals surface area contributed by atoms with Gasteiger partial charge in [0.15, 0.2) is 0 Å². The highest BCUT2D eigenvalue weighted by Crippen LogP contribution is 2.20. The van der Waals surface area contributed by atoms with Gasteiger partial charge >= 0.3 is 0 Å². The lowest BCUT2D eigenvalue weighted by Gasteiger charge is -2.25. The second kappa shape index (κ2) is 4.73. The minimum absolute atomic E-state index is 0.148. The van der Waals surface area contributed by atoms with Crippen LogP contribution in [0.25, 0.3) is 0 Å². The molecule has 1 heterocycles. The van der Waals surface area contributed by atoms with Crippen LogP contribution < -0.4 is 5.32 Å². The van der Waals surface area contributed by atoms with Crippen molar-refractivity contribution in [1.29, 1.82) is 0 Å². The third-order valence-electron chi connectivity index (χ3n) is 2.97. The Labute approximate surface area is 90.1 Å². The average Bonchev–Trinajstić information content (AvgIpc) is 2.43. The monoisotopic (exact) mass is 208 g/mol. The van der Waals surface area contributed by atoms with Crippen molar-refractivity contribution in [2.45, 2.75) is 12.5 Å².